The molecule has 1 aromatic heterocycles. The molecule has 3 aromatic rings. The van der Waals surface area contributed by atoms with E-state index in [9.17, 15) is 4.79 Å². The summed E-state index contributed by atoms with van der Waals surface area (Å²) >= 11 is 0. The molecule has 190 valence electrons. The molecule has 0 bridgehead atoms. The number of rotatable bonds is 8. The maximum Gasteiger partial charge on any atom is 0.328 e. The highest BCUT2D eigenvalue weighted by atomic mass is 16.5. The average molecular weight is 492 g/mol. The Balaban J connectivity index is 1.45. The quantitative estimate of drug-likeness (QED) is 0.487. The molecular weight excluding hydrogens is 458 g/mol. The molecule has 0 radical (unpaired) electrons. The molecule has 0 unspecified atom stereocenters. The number of hydrogen-bond acceptors (Lipinski definition) is 8. The van der Waals surface area contributed by atoms with Gasteiger partial charge in [0.05, 0.1) is 19.9 Å². The number of ether oxygens (including phenoxy) is 2. The zero-order valence-corrected chi connectivity index (χ0v) is 21.2. The van der Waals surface area contributed by atoms with Crippen molar-refractivity contribution in [3.8, 4) is 11.5 Å². The van der Waals surface area contributed by atoms with E-state index in [1.54, 1.807) is 37.6 Å². The fraction of sp³-hybridized carbons (Fsp3) is 0.346. The Bertz CT molecular complexity index is 1160. The summed E-state index contributed by atoms with van der Waals surface area (Å²) in [5.41, 5.74) is 2.61. The summed E-state index contributed by atoms with van der Waals surface area (Å²) in [6, 6.07) is 15.0. The van der Waals surface area contributed by atoms with Gasteiger partial charge in [-0.05, 0) is 56.4 Å². The zero-order valence-electron chi connectivity index (χ0n) is 21.2. The van der Waals surface area contributed by atoms with Gasteiger partial charge < -0.3 is 29.9 Å². The van der Waals surface area contributed by atoms with Crippen molar-refractivity contribution in [2.45, 2.75) is 6.92 Å². The number of amides is 2. The van der Waals surface area contributed by atoms with Crippen molar-refractivity contribution >= 4 is 34.9 Å². The first-order valence-electron chi connectivity index (χ1n) is 12.0. The third-order valence-corrected chi connectivity index (χ3v) is 6.10. The van der Waals surface area contributed by atoms with Crippen molar-refractivity contribution in [1.29, 1.82) is 0 Å². The van der Waals surface area contributed by atoms with Crippen LogP contribution in [0, 0.1) is 0 Å². The number of aromatic nitrogens is 2. The summed E-state index contributed by atoms with van der Waals surface area (Å²) in [5.74, 6) is 1.86. The molecule has 0 saturated carbocycles. The topological polar surface area (TPSA) is 95.1 Å². The highest BCUT2D eigenvalue weighted by Crippen LogP contribution is 2.35. The number of carbonyl (C=O) groups excluding carboxylic acids is 1. The molecular formula is C26H33N7O3. The van der Waals surface area contributed by atoms with Crippen LogP contribution in [0.25, 0.3) is 0 Å². The highest BCUT2D eigenvalue weighted by Gasteiger charge is 2.20. The summed E-state index contributed by atoms with van der Waals surface area (Å²) in [6.45, 7) is 6.42. The number of urea groups is 1. The van der Waals surface area contributed by atoms with Crippen LogP contribution in [0.5, 0.6) is 11.5 Å². The number of para-hydroxylation sites is 1. The molecule has 10 nitrogen and oxygen atoms in total. The lowest BCUT2D eigenvalue weighted by Crippen LogP contribution is -2.44. The predicted octanol–water partition coefficient (Wildman–Crippen LogP) is 4.05. The fourth-order valence-electron chi connectivity index (χ4n) is 4.06. The Labute approximate surface area is 211 Å². The molecule has 1 fully saturated rings. The number of anilines is 5. The lowest BCUT2D eigenvalue weighted by molar-refractivity contribution is 0.256. The van der Waals surface area contributed by atoms with Crippen LogP contribution in [0.3, 0.4) is 0 Å². The minimum Gasteiger partial charge on any atom is -0.493 e. The Morgan fingerprint density at radius 2 is 1.78 bits per heavy atom. The first-order valence-corrected chi connectivity index (χ1v) is 12.0. The summed E-state index contributed by atoms with van der Waals surface area (Å²) in [4.78, 5) is 28.2. The number of likely N-dealkylation sites (N-methyl/N-ethyl adjacent to an activating group) is 1. The molecule has 1 aliphatic rings. The van der Waals surface area contributed by atoms with Crippen molar-refractivity contribution < 1.29 is 14.3 Å². The van der Waals surface area contributed by atoms with Crippen LogP contribution in [0.2, 0.25) is 0 Å². The standard InChI is InChI=1S/C26H33N7O3/c1-5-33(26(34)29-21-7-6-8-22(35-3)24(21)36-4)25-27-14-13-23(30-25)28-19-9-11-20(12-10-19)32-17-15-31(2)16-18-32/h6-14H,5,15-18H2,1-4H3,(H,29,34)(H,27,28,30). The number of methoxy groups -OCH3 is 2. The lowest BCUT2D eigenvalue weighted by Gasteiger charge is -2.34. The fourth-order valence-corrected chi connectivity index (χ4v) is 4.06. The van der Waals surface area contributed by atoms with Crippen LogP contribution in [-0.4, -0.2) is 74.9 Å². The minimum atomic E-state index is -0.377. The highest BCUT2D eigenvalue weighted by molar-refractivity contribution is 6.01. The zero-order chi connectivity index (χ0) is 25.5. The molecule has 4 rings (SSSR count). The number of nitrogens with one attached hydrogen (secondary N) is 2. The summed E-state index contributed by atoms with van der Waals surface area (Å²) in [7, 11) is 5.23. The molecule has 0 atom stereocenters. The van der Waals surface area contributed by atoms with Gasteiger partial charge in [0.25, 0.3) is 0 Å². The van der Waals surface area contributed by atoms with Gasteiger partial charge in [-0.15, -0.1) is 0 Å². The molecule has 2 N–H and O–H groups in total. The number of piperazine rings is 1. The van der Waals surface area contributed by atoms with Crippen LogP contribution in [-0.2, 0) is 0 Å². The van der Waals surface area contributed by atoms with Gasteiger partial charge in [-0.3, -0.25) is 4.90 Å². The van der Waals surface area contributed by atoms with E-state index < -0.39 is 0 Å². The summed E-state index contributed by atoms with van der Waals surface area (Å²) in [6.07, 6.45) is 1.63. The monoisotopic (exact) mass is 491 g/mol. The lowest BCUT2D eigenvalue weighted by atomic mass is 10.2. The average Bonchev–Trinajstić information content (AvgIpc) is 2.90. The van der Waals surface area contributed by atoms with Crippen molar-refractivity contribution in [1.82, 2.24) is 14.9 Å². The van der Waals surface area contributed by atoms with Gasteiger partial charge in [-0.1, -0.05) is 6.07 Å². The molecule has 1 aliphatic heterocycles. The first kappa shape index (κ1) is 25.1. The number of hydrogen-bond donors (Lipinski definition) is 2. The summed E-state index contributed by atoms with van der Waals surface area (Å²) in [5, 5.41) is 6.18. The van der Waals surface area contributed by atoms with Gasteiger partial charge in [-0.2, -0.15) is 4.98 Å². The number of benzene rings is 2. The van der Waals surface area contributed by atoms with Crippen LogP contribution in [0.15, 0.2) is 54.7 Å². The molecule has 10 heteroatoms. The number of carbonyl (C=O) groups is 1. The van der Waals surface area contributed by atoms with E-state index in [0.717, 1.165) is 31.9 Å². The molecule has 0 aliphatic carbocycles. The molecule has 1 saturated heterocycles. The van der Waals surface area contributed by atoms with Crippen LogP contribution in [0.1, 0.15) is 6.92 Å². The van der Waals surface area contributed by atoms with Gasteiger partial charge in [0.2, 0.25) is 5.95 Å². The first-order chi connectivity index (χ1) is 17.5. The second-order valence-electron chi connectivity index (χ2n) is 8.42. The van der Waals surface area contributed by atoms with Crippen molar-refractivity contribution in [2.24, 2.45) is 0 Å². The van der Waals surface area contributed by atoms with E-state index in [2.05, 4.69) is 49.6 Å². The Hall–Kier alpha value is -4.05. The molecule has 0 spiro atoms. The van der Waals surface area contributed by atoms with Gasteiger partial charge in [0.1, 0.15) is 5.82 Å². The van der Waals surface area contributed by atoms with Gasteiger partial charge in [0.15, 0.2) is 11.5 Å². The molecule has 2 heterocycles. The second-order valence-corrected chi connectivity index (χ2v) is 8.42. The smallest absolute Gasteiger partial charge is 0.328 e. The molecule has 2 amide bonds. The third kappa shape index (κ3) is 5.77. The maximum atomic E-state index is 13.1. The molecule has 2 aromatic carbocycles. The van der Waals surface area contributed by atoms with Crippen LogP contribution >= 0.6 is 0 Å². The SMILES string of the molecule is CCN(C(=O)Nc1cccc(OC)c1OC)c1nccc(Nc2ccc(N3CCN(C)CC3)cc2)n1. The second kappa shape index (κ2) is 11.6. The third-order valence-electron chi connectivity index (χ3n) is 6.10. The van der Waals surface area contributed by atoms with Crippen LogP contribution in [0.4, 0.5) is 33.6 Å². The van der Waals surface area contributed by atoms with E-state index in [4.69, 9.17) is 9.47 Å². The Morgan fingerprint density at radius 3 is 2.44 bits per heavy atom. The summed E-state index contributed by atoms with van der Waals surface area (Å²) < 4.78 is 10.7. The van der Waals surface area contributed by atoms with Gasteiger partial charge in [-0.25, -0.2) is 9.78 Å². The van der Waals surface area contributed by atoms with Crippen molar-refractivity contribution in [2.75, 3.05) is 74.4 Å². The van der Waals surface area contributed by atoms with E-state index in [-0.39, 0.29) is 12.0 Å². The molecule has 36 heavy (non-hydrogen) atoms. The Morgan fingerprint density at radius 1 is 1.03 bits per heavy atom. The van der Waals surface area contributed by atoms with Crippen molar-refractivity contribution in [3.05, 3.63) is 54.7 Å². The van der Waals surface area contributed by atoms with E-state index in [1.807, 2.05) is 19.1 Å². The van der Waals surface area contributed by atoms with E-state index >= 15 is 0 Å². The van der Waals surface area contributed by atoms with E-state index in [1.165, 1.54) is 17.7 Å². The largest absolute Gasteiger partial charge is 0.493 e. The van der Waals surface area contributed by atoms with Crippen LogP contribution < -0.4 is 29.9 Å². The van der Waals surface area contributed by atoms with Gasteiger partial charge in [0, 0.05) is 50.3 Å². The van der Waals surface area contributed by atoms with Crippen molar-refractivity contribution in [3.63, 3.8) is 0 Å². The predicted molar refractivity (Wildman–Crippen MR) is 143 cm³/mol. The van der Waals surface area contributed by atoms with E-state index in [0.29, 0.717) is 29.5 Å². The normalized spacial score (nSPS) is 13.7. The minimum absolute atomic E-state index is 0.288. The maximum absolute atomic E-state index is 13.1. The Kier molecular flexibility index (Phi) is 8.06. The van der Waals surface area contributed by atoms with Gasteiger partial charge >= 0.3 is 6.03 Å². The number of nitrogens with zero attached hydrogens (tertiary/aromatic N) is 5.